The average molecular weight is 357 g/mol. The third-order valence-electron chi connectivity index (χ3n) is 3.30. The lowest BCUT2D eigenvalue weighted by molar-refractivity contribution is -0.654. The fourth-order valence-electron chi connectivity index (χ4n) is 2.15. The minimum Gasteiger partial charge on any atom is -1.00 e. The SMILES string of the molecule is CCCCN(CC)C(=O)C[n+]1csc2ccccc21.[Br-]. The Morgan fingerprint density at radius 1 is 1.30 bits per heavy atom. The molecule has 110 valence electrons. The van der Waals surface area contributed by atoms with Gasteiger partial charge in [-0.2, -0.15) is 4.57 Å². The lowest BCUT2D eigenvalue weighted by Crippen LogP contribution is -3.00. The minimum absolute atomic E-state index is 0. The number of nitrogens with zero attached hydrogens (tertiary/aromatic N) is 2. The number of hydrogen-bond acceptors (Lipinski definition) is 2. The van der Waals surface area contributed by atoms with E-state index in [9.17, 15) is 4.79 Å². The molecular formula is C15H21BrN2OS. The first-order chi connectivity index (χ1) is 9.26. The summed E-state index contributed by atoms with van der Waals surface area (Å²) >= 11 is 1.69. The lowest BCUT2D eigenvalue weighted by atomic mass is 10.3. The Kier molecular flexibility index (Phi) is 7.16. The van der Waals surface area contributed by atoms with Crippen molar-refractivity contribution in [1.29, 1.82) is 0 Å². The molecule has 0 saturated carbocycles. The van der Waals surface area contributed by atoms with Crippen molar-refractivity contribution >= 4 is 27.5 Å². The molecule has 1 amide bonds. The highest BCUT2D eigenvalue weighted by Gasteiger charge is 2.19. The number of thiazole rings is 1. The Balaban J connectivity index is 0.00000200. The molecule has 1 heterocycles. The predicted molar refractivity (Wildman–Crippen MR) is 79.2 cm³/mol. The van der Waals surface area contributed by atoms with E-state index in [4.69, 9.17) is 0 Å². The maximum absolute atomic E-state index is 12.3. The van der Waals surface area contributed by atoms with Gasteiger partial charge in [-0.25, -0.2) is 0 Å². The lowest BCUT2D eigenvalue weighted by Gasteiger charge is -2.18. The van der Waals surface area contributed by atoms with E-state index in [2.05, 4.69) is 23.6 Å². The average Bonchev–Trinajstić information content (AvgIpc) is 2.83. The topological polar surface area (TPSA) is 24.2 Å². The van der Waals surface area contributed by atoms with Crippen LogP contribution in [0, 0.1) is 0 Å². The van der Waals surface area contributed by atoms with Gasteiger partial charge in [0, 0.05) is 19.2 Å². The van der Waals surface area contributed by atoms with Gasteiger partial charge in [0.1, 0.15) is 4.70 Å². The zero-order valence-corrected chi connectivity index (χ0v) is 14.4. The Bertz CT molecular complexity index is 556. The summed E-state index contributed by atoms with van der Waals surface area (Å²) in [7, 11) is 0. The summed E-state index contributed by atoms with van der Waals surface area (Å²) in [6, 6.07) is 8.21. The van der Waals surface area contributed by atoms with Crippen molar-refractivity contribution in [2.45, 2.75) is 33.2 Å². The van der Waals surface area contributed by atoms with Crippen LogP contribution in [0.4, 0.5) is 0 Å². The molecule has 5 heteroatoms. The van der Waals surface area contributed by atoms with Crippen molar-refractivity contribution in [1.82, 2.24) is 4.90 Å². The second-order valence-electron chi connectivity index (χ2n) is 4.65. The maximum atomic E-state index is 12.3. The number of halogens is 1. The molecule has 0 N–H and O–H groups in total. The van der Waals surface area contributed by atoms with Gasteiger partial charge in [-0.1, -0.05) is 36.8 Å². The molecule has 0 aliphatic rings. The summed E-state index contributed by atoms with van der Waals surface area (Å²) in [5.74, 6) is 0.213. The van der Waals surface area contributed by atoms with Crippen LogP contribution in [-0.2, 0) is 11.3 Å². The highest BCUT2D eigenvalue weighted by atomic mass is 79.9. The molecule has 0 unspecified atom stereocenters. The molecule has 0 spiro atoms. The number of unbranched alkanes of at least 4 members (excludes halogenated alkanes) is 1. The summed E-state index contributed by atoms with van der Waals surface area (Å²) in [5.41, 5.74) is 3.18. The molecule has 1 aromatic carbocycles. The number of amides is 1. The number of fused-ring (bicyclic) bond motifs is 1. The Labute approximate surface area is 135 Å². The van der Waals surface area contributed by atoms with Crippen LogP contribution in [0.25, 0.3) is 10.2 Å². The van der Waals surface area contributed by atoms with Gasteiger partial charge < -0.3 is 21.9 Å². The van der Waals surface area contributed by atoms with Crippen molar-refractivity contribution in [3.8, 4) is 0 Å². The molecule has 0 bridgehead atoms. The minimum atomic E-state index is 0. The molecule has 0 atom stereocenters. The Morgan fingerprint density at radius 3 is 2.75 bits per heavy atom. The molecule has 2 aromatic rings. The summed E-state index contributed by atoms with van der Waals surface area (Å²) in [6.07, 6.45) is 2.20. The fraction of sp³-hybridized carbons (Fsp3) is 0.467. The molecule has 2 rings (SSSR count). The zero-order chi connectivity index (χ0) is 13.7. The van der Waals surface area contributed by atoms with E-state index in [1.165, 1.54) is 4.70 Å². The molecular weight excluding hydrogens is 336 g/mol. The monoisotopic (exact) mass is 356 g/mol. The third kappa shape index (κ3) is 4.03. The van der Waals surface area contributed by atoms with E-state index in [0.717, 1.165) is 31.4 Å². The number of carbonyl (C=O) groups is 1. The first kappa shape index (κ1) is 17.1. The number of likely N-dealkylation sites (N-methyl/N-ethyl adjacent to an activating group) is 1. The quantitative estimate of drug-likeness (QED) is 0.660. The van der Waals surface area contributed by atoms with Crippen LogP contribution >= 0.6 is 11.3 Å². The zero-order valence-electron chi connectivity index (χ0n) is 12.0. The van der Waals surface area contributed by atoms with Crippen LogP contribution in [0.5, 0.6) is 0 Å². The van der Waals surface area contributed by atoms with Crippen LogP contribution in [0.2, 0.25) is 0 Å². The first-order valence-electron chi connectivity index (χ1n) is 6.89. The van der Waals surface area contributed by atoms with Gasteiger partial charge >= 0.3 is 0 Å². The van der Waals surface area contributed by atoms with E-state index in [-0.39, 0.29) is 22.9 Å². The van der Waals surface area contributed by atoms with E-state index < -0.39 is 0 Å². The number of hydrogen-bond donors (Lipinski definition) is 0. The van der Waals surface area contributed by atoms with Crippen molar-refractivity contribution in [3.63, 3.8) is 0 Å². The summed E-state index contributed by atoms with van der Waals surface area (Å²) in [4.78, 5) is 14.2. The van der Waals surface area contributed by atoms with Crippen molar-refractivity contribution in [2.75, 3.05) is 13.1 Å². The highest BCUT2D eigenvalue weighted by molar-refractivity contribution is 7.16. The Hall–Kier alpha value is -0.940. The number of rotatable bonds is 6. The van der Waals surface area contributed by atoms with Gasteiger partial charge in [0.25, 0.3) is 5.91 Å². The molecule has 1 aromatic heterocycles. The van der Waals surface area contributed by atoms with E-state index in [1.54, 1.807) is 11.3 Å². The van der Waals surface area contributed by atoms with Gasteiger partial charge in [0.15, 0.2) is 0 Å². The predicted octanol–water partition coefficient (Wildman–Crippen LogP) is -0.159. The molecule has 0 fully saturated rings. The highest BCUT2D eigenvalue weighted by Crippen LogP contribution is 2.15. The van der Waals surface area contributed by atoms with Gasteiger partial charge in [-0.05, 0) is 19.4 Å². The van der Waals surface area contributed by atoms with E-state index in [1.807, 2.05) is 29.5 Å². The Morgan fingerprint density at radius 2 is 2.05 bits per heavy atom. The largest absolute Gasteiger partial charge is 1.00 e. The first-order valence-corrected chi connectivity index (χ1v) is 7.77. The van der Waals surface area contributed by atoms with Gasteiger partial charge in [-0.15, -0.1) is 0 Å². The second kappa shape index (κ2) is 8.37. The van der Waals surface area contributed by atoms with Gasteiger partial charge in [-0.3, -0.25) is 4.79 Å². The van der Waals surface area contributed by atoms with Crippen molar-refractivity contribution in [3.05, 3.63) is 29.8 Å². The third-order valence-corrected chi connectivity index (χ3v) is 4.26. The molecule has 3 nitrogen and oxygen atoms in total. The number of carbonyl (C=O) groups excluding carboxylic acids is 1. The smallest absolute Gasteiger partial charge is 0.288 e. The number of benzene rings is 1. The van der Waals surface area contributed by atoms with Crippen molar-refractivity contribution in [2.24, 2.45) is 0 Å². The normalized spacial score (nSPS) is 10.3. The molecule has 0 radical (unpaired) electrons. The summed E-state index contributed by atoms with van der Waals surface area (Å²) < 4.78 is 3.28. The van der Waals surface area contributed by atoms with E-state index >= 15 is 0 Å². The fourth-order valence-corrected chi connectivity index (χ4v) is 3.04. The van der Waals surface area contributed by atoms with Gasteiger partial charge in [0.2, 0.25) is 17.6 Å². The van der Waals surface area contributed by atoms with Gasteiger partial charge in [0.05, 0.1) is 0 Å². The van der Waals surface area contributed by atoms with Crippen LogP contribution < -0.4 is 21.5 Å². The van der Waals surface area contributed by atoms with Crippen LogP contribution in [0.15, 0.2) is 29.8 Å². The van der Waals surface area contributed by atoms with Crippen LogP contribution in [0.3, 0.4) is 0 Å². The summed E-state index contributed by atoms with van der Waals surface area (Å²) in [6.45, 7) is 6.31. The molecule has 0 aliphatic carbocycles. The second-order valence-corrected chi connectivity index (χ2v) is 5.53. The number of aromatic nitrogens is 1. The molecule has 20 heavy (non-hydrogen) atoms. The van der Waals surface area contributed by atoms with Crippen molar-refractivity contribution < 1.29 is 26.3 Å². The van der Waals surface area contributed by atoms with Crippen LogP contribution in [0.1, 0.15) is 26.7 Å². The molecule has 0 saturated heterocycles. The molecule has 0 aliphatic heterocycles. The summed E-state index contributed by atoms with van der Waals surface area (Å²) in [5, 5.41) is 0. The van der Waals surface area contributed by atoms with E-state index in [0.29, 0.717) is 6.54 Å². The standard InChI is InChI=1S/C15H21N2OS.BrH/c1-3-5-10-16(4-2)15(18)11-17-12-19-14-9-7-6-8-13(14)17;/h6-9,12H,3-5,10-11H2,1-2H3;1H/q+1;/p-1. The maximum Gasteiger partial charge on any atom is 0.288 e. The van der Waals surface area contributed by atoms with Crippen LogP contribution in [-0.4, -0.2) is 23.9 Å². The number of para-hydroxylation sites is 1.